The van der Waals surface area contributed by atoms with Crippen molar-refractivity contribution in [2.75, 3.05) is 19.6 Å². The summed E-state index contributed by atoms with van der Waals surface area (Å²) in [7, 11) is 0. The van der Waals surface area contributed by atoms with Crippen LogP contribution in [0.4, 0.5) is 0 Å². The monoisotopic (exact) mass is 236 g/mol. The van der Waals surface area contributed by atoms with Crippen molar-refractivity contribution in [2.24, 2.45) is 5.92 Å². The lowest BCUT2D eigenvalue weighted by Gasteiger charge is -2.15. The van der Waals surface area contributed by atoms with Crippen molar-refractivity contribution in [3.63, 3.8) is 0 Å². The van der Waals surface area contributed by atoms with Crippen LogP contribution in [0.1, 0.15) is 44.9 Å². The average molecular weight is 236 g/mol. The molecule has 0 radical (unpaired) electrons. The maximum atomic E-state index is 11.7. The number of amides is 1. The van der Waals surface area contributed by atoms with Gasteiger partial charge in [0.15, 0.2) is 0 Å². The van der Waals surface area contributed by atoms with Gasteiger partial charge in [0.2, 0.25) is 5.91 Å². The van der Waals surface area contributed by atoms with Crippen molar-refractivity contribution in [1.82, 2.24) is 10.6 Å². The van der Waals surface area contributed by atoms with E-state index in [9.17, 15) is 4.79 Å². The van der Waals surface area contributed by atoms with Gasteiger partial charge >= 0.3 is 0 Å². The lowest BCUT2D eigenvalue weighted by Crippen LogP contribution is -2.29. The van der Waals surface area contributed by atoms with Crippen molar-refractivity contribution >= 4 is 5.91 Å². The predicted molar refractivity (Wildman–Crippen MR) is 69.8 cm³/mol. The fraction of sp³-hybridized carbons (Fsp3) is 0.786. The van der Waals surface area contributed by atoms with Crippen molar-refractivity contribution in [3.8, 4) is 0 Å². The summed E-state index contributed by atoms with van der Waals surface area (Å²) in [6, 6.07) is 0. The second-order valence-electron chi connectivity index (χ2n) is 5.28. The van der Waals surface area contributed by atoms with Crippen LogP contribution in [-0.2, 0) is 4.79 Å². The summed E-state index contributed by atoms with van der Waals surface area (Å²) in [5, 5.41) is 6.32. The van der Waals surface area contributed by atoms with E-state index < -0.39 is 0 Å². The van der Waals surface area contributed by atoms with Crippen molar-refractivity contribution < 1.29 is 4.79 Å². The van der Waals surface area contributed by atoms with Gasteiger partial charge in [-0.1, -0.05) is 37.3 Å². The number of carbonyl (C=O) groups excluding carboxylic acids is 1. The zero-order valence-electron chi connectivity index (χ0n) is 10.6. The molecule has 0 atom stereocenters. The highest BCUT2D eigenvalue weighted by molar-refractivity contribution is 5.76. The number of rotatable bonds is 5. The topological polar surface area (TPSA) is 41.1 Å². The van der Waals surface area contributed by atoms with Gasteiger partial charge in [-0.3, -0.25) is 4.79 Å². The van der Waals surface area contributed by atoms with Crippen LogP contribution in [0.15, 0.2) is 11.6 Å². The Balaban J connectivity index is 1.58. The van der Waals surface area contributed by atoms with Crippen LogP contribution in [0, 0.1) is 5.92 Å². The molecule has 1 aliphatic heterocycles. The Hall–Kier alpha value is -0.830. The third-order valence-electron chi connectivity index (χ3n) is 3.92. The third-order valence-corrected chi connectivity index (χ3v) is 3.92. The summed E-state index contributed by atoms with van der Waals surface area (Å²) in [6.07, 6.45) is 10.5. The Labute approximate surface area is 104 Å². The van der Waals surface area contributed by atoms with E-state index >= 15 is 0 Å². The fourth-order valence-corrected chi connectivity index (χ4v) is 2.76. The van der Waals surface area contributed by atoms with Gasteiger partial charge in [0.1, 0.15) is 0 Å². The Morgan fingerprint density at radius 3 is 2.94 bits per heavy atom. The zero-order chi connectivity index (χ0) is 11.9. The molecule has 0 saturated heterocycles. The normalized spacial score (nSPS) is 21.3. The second-order valence-corrected chi connectivity index (χ2v) is 5.28. The minimum absolute atomic E-state index is 0.233. The number of carbonyl (C=O) groups is 1. The van der Waals surface area contributed by atoms with E-state index in [2.05, 4.69) is 16.7 Å². The van der Waals surface area contributed by atoms with Gasteiger partial charge in [-0.05, 0) is 25.3 Å². The van der Waals surface area contributed by atoms with Crippen molar-refractivity contribution in [1.29, 1.82) is 0 Å². The van der Waals surface area contributed by atoms with E-state index in [4.69, 9.17) is 0 Å². The zero-order valence-corrected chi connectivity index (χ0v) is 10.6. The molecule has 0 aromatic heterocycles. The highest BCUT2D eigenvalue weighted by atomic mass is 16.1. The standard InChI is InChI=1S/C14H24N2O/c17-14(6-5-12-3-1-2-4-12)16-11-13-7-9-15-10-8-13/h7,12,15H,1-6,8-11H2,(H,16,17). The smallest absolute Gasteiger partial charge is 0.220 e. The molecule has 2 aliphatic rings. The number of hydrogen-bond donors (Lipinski definition) is 2. The molecular weight excluding hydrogens is 212 g/mol. The number of hydrogen-bond acceptors (Lipinski definition) is 2. The maximum Gasteiger partial charge on any atom is 0.220 e. The lowest BCUT2D eigenvalue weighted by atomic mass is 10.0. The first-order valence-corrected chi connectivity index (χ1v) is 7.00. The minimum atomic E-state index is 0.233. The molecule has 2 rings (SSSR count). The van der Waals surface area contributed by atoms with E-state index in [-0.39, 0.29) is 5.91 Å². The molecule has 1 amide bonds. The summed E-state index contributed by atoms with van der Waals surface area (Å²) >= 11 is 0. The average Bonchev–Trinajstić information content (AvgIpc) is 2.88. The quantitative estimate of drug-likeness (QED) is 0.717. The largest absolute Gasteiger partial charge is 0.352 e. The van der Waals surface area contributed by atoms with Crippen molar-refractivity contribution in [3.05, 3.63) is 11.6 Å². The van der Waals surface area contributed by atoms with E-state index in [1.165, 1.54) is 31.3 Å². The number of nitrogens with one attached hydrogen (secondary N) is 2. The molecular formula is C14H24N2O. The predicted octanol–water partition coefficient (Wildman–Crippen LogP) is 1.99. The SMILES string of the molecule is O=C(CCC1CCCC1)NCC1=CCNCC1. The third kappa shape index (κ3) is 4.50. The van der Waals surface area contributed by atoms with Gasteiger partial charge in [0, 0.05) is 19.5 Å². The Kier molecular flexibility index (Phi) is 5.05. The van der Waals surface area contributed by atoms with Gasteiger partial charge in [0.05, 0.1) is 0 Å². The van der Waals surface area contributed by atoms with Gasteiger partial charge in [0.25, 0.3) is 0 Å². The minimum Gasteiger partial charge on any atom is -0.352 e. The van der Waals surface area contributed by atoms with Crippen LogP contribution in [-0.4, -0.2) is 25.5 Å². The molecule has 3 heteroatoms. The van der Waals surface area contributed by atoms with E-state index in [1.54, 1.807) is 0 Å². The van der Waals surface area contributed by atoms with Crippen LogP contribution in [0.5, 0.6) is 0 Å². The molecule has 17 heavy (non-hydrogen) atoms. The summed E-state index contributed by atoms with van der Waals surface area (Å²) in [4.78, 5) is 11.7. The van der Waals surface area contributed by atoms with Gasteiger partial charge in [-0.15, -0.1) is 0 Å². The molecule has 1 heterocycles. The highest BCUT2D eigenvalue weighted by Crippen LogP contribution is 2.28. The Bertz CT molecular complexity index is 280. The van der Waals surface area contributed by atoms with E-state index in [0.717, 1.165) is 44.8 Å². The molecule has 0 aromatic carbocycles. The van der Waals surface area contributed by atoms with Crippen LogP contribution >= 0.6 is 0 Å². The molecule has 3 nitrogen and oxygen atoms in total. The molecule has 1 fully saturated rings. The molecule has 96 valence electrons. The summed E-state index contributed by atoms with van der Waals surface area (Å²) in [5.41, 5.74) is 1.37. The first-order valence-electron chi connectivity index (χ1n) is 7.00. The molecule has 1 saturated carbocycles. The summed E-state index contributed by atoms with van der Waals surface area (Å²) in [6.45, 7) is 2.75. The van der Waals surface area contributed by atoms with E-state index in [0.29, 0.717) is 0 Å². The second kappa shape index (κ2) is 6.80. The van der Waals surface area contributed by atoms with E-state index in [1.807, 2.05) is 0 Å². The molecule has 0 unspecified atom stereocenters. The van der Waals surface area contributed by atoms with Gasteiger partial charge in [-0.2, -0.15) is 0 Å². The van der Waals surface area contributed by atoms with Gasteiger partial charge < -0.3 is 10.6 Å². The maximum absolute atomic E-state index is 11.7. The lowest BCUT2D eigenvalue weighted by molar-refractivity contribution is -0.121. The Morgan fingerprint density at radius 1 is 1.41 bits per heavy atom. The van der Waals surface area contributed by atoms with Crippen LogP contribution < -0.4 is 10.6 Å². The highest BCUT2D eigenvalue weighted by Gasteiger charge is 2.16. The van der Waals surface area contributed by atoms with Crippen LogP contribution in [0.3, 0.4) is 0 Å². The first kappa shape index (κ1) is 12.6. The summed E-state index contributed by atoms with van der Waals surface area (Å²) < 4.78 is 0. The van der Waals surface area contributed by atoms with Crippen molar-refractivity contribution in [2.45, 2.75) is 44.9 Å². The first-order chi connectivity index (χ1) is 8.34. The fourth-order valence-electron chi connectivity index (χ4n) is 2.76. The van der Waals surface area contributed by atoms with Crippen LogP contribution in [0.2, 0.25) is 0 Å². The van der Waals surface area contributed by atoms with Gasteiger partial charge in [-0.25, -0.2) is 0 Å². The Morgan fingerprint density at radius 2 is 2.24 bits per heavy atom. The molecule has 0 bridgehead atoms. The molecule has 0 aromatic rings. The molecule has 2 N–H and O–H groups in total. The summed E-state index contributed by atoms with van der Waals surface area (Å²) in [5.74, 6) is 1.05. The molecule has 0 spiro atoms. The molecule has 1 aliphatic carbocycles. The van der Waals surface area contributed by atoms with Crippen LogP contribution in [0.25, 0.3) is 0 Å².